The van der Waals surface area contributed by atoms with Crippen molar-refractivity contribution in [2.45, 2.75) is 39.1 Å². The molecule has 0 aromatic heterocycles. The van der Waals surface area contributed by atoms with Gasteiger partial charge in [0.1, 0.15) is 0 Å². The summed E-state index contributed by atoms with van der Waals surface area (Å²) in [5.74, 6) is 0. The van der Waals surface area contributed by atoms with Crippen molar-refractivity contribution < 1.29 is 9.84 Å². The van der Waals surface area contributed by atoms with Crippen LogP contribution in [0.2, 0.25) is 0 Å². The number of benzene rings is 2. The maximum Gasteiger partial charge on any atom is 0.0839 e. The largest absolute Gasteiger partial charge is 0.390 e. The van der Waals surface area contributed by atoms with Crippen LogP contribution in [0.3, 0.4) is 0 Å². The highest BCUT2D eigenvalue weighted by Crippen LogP contribution is 2.11. The van der Waals surface area contributed by atoms with E-state index >= 15 is 0 Å². The van der Waals surface area contributed by atoms with Crippen LogP contribution in [0.1, 0.15) is 23.6 Å². The van der Waals surface area contributed by atoms with Crippen molar-refractivity contribution in [3.63, 3.8) is 0 Å². The Kier molecular flexibility index (Phi) is 5.33. The third kappa shape index (κ3) is 4.48. The fraction of sp³-hybridized carbons (Fsp3) is 0.333. The van der Waals surface area contributed by atoms with Gasteiger partial charge >= 0.3 is 0 Å². The van der Waals surface area contributed by atoms with Gasteiger partial charge in [0.2, 0.25) is 0 Å². The van der Waals surface area contributed by atoms with Gasteiger partial charge in [-0.3, -0.25) is 0 Å². The summed E-state index contributed by atoms with van der Waals surface area (Å²) in [5, 5.41) is 10.2. The van der Waals surface area contributed by atoms with Gasteiger partial charge in [-0.05, 0) is 25.0 Å². The van der Waals surface area contributed by atoms with E-state index in [0.29, 0.717) is 13.0 Å². The van der Waals surface area contributed by atoms with Crippen LogP contribution >= 0.6 is 0 Å². The van der Waals surface area contributed by atoms with Crippen molar-refractivity contribution in [3.05, 3.63) is 71.3 Å². The molecule has 0 bridgehead atoms. The van der Waals surface area contributed by atoms with Crippen molar-refractivity contribution in [2.24, 2.45) is 0 Å². The van der Waals surface area contributed by atoms with E-state index in [1.807, 2.05) is 37.3 Å². The molecule has 20 heavy (non-hydrogen) atoms. The molecule has 0 spiro atoms. The molecule has 0 fully saturated rings. The van der Waals surface area contributed by atoms with Gasteiger partial charge in [-0.2, -0.15) is 0 Å². The first kappa shape index (κ1) is 14.8. The average molecular weight is 270 g/mol. The van der Waals surface area contributed by atoms with Crippen molar-refractivity contribution in [1.29, 1.82) is 0 Å². The Bertz CT molecular complexity index is 505. The summed E-state index contributed by atoms with van der Waals surface area (Å²) in [4.78, 5) is 0. The summed E-state index contributed by atoms with van der Waals surface area (Å²) < 4.78 is 5.74. The molecule has 2 aromatic carbocycles. The number of aryl methyl sites for hydroxylation is 1. The summed E-state index contributed by atoms with van der Waals surface area (Å²) in [6.45, 7) is 4.51. The highest BCUT2D eigenvalue weighted by Gasteiger charge is 2.15. The van der Waals surface area contributed by atoms with Crippen LogP contribution in [-0.2, 0) is 17.8 Å². The molecule has 106 valence electrons. The van der Waals surface area contributed by atoms with E-state index < -0.39 is 6.10 Å². The Morgan fingerprint density at radius 3 is 2.25 bits per heavy atom. The average Bonchev–Trinajstić information content (AvgIpc) is 2.48. The zero-order valence-electron chi connectivity index (χ0n) is 12.1. The fourth-order valence-electron chi connectivity index (χ4n) is 2.04. The van der Waals surface area contributed by atoms with Crippen molar-refractivity contribution in [1.82, 2.24) is 0 Å². The van der Waals surface area contributed by atoms with Crippen LogP contribution < -0.4 is 0 Å². The van der Waals surface area contributed by atoms with E-state index in [4.69, 9.17) is 4.74 Å². The van der Waals surface area contributed by atoms with Crippen LogP contribution in [0.4, 0.5) is 0 Å². The Balaban J connectivity index is 1.82. The third-order valence-corrected chi connectivity index (χ3v) is 3.46. The molecule has 2 aromatic rings. The molecule has 2 atom stereocenters. The minimum Gasteiger partial charge on any atom is -0.390 e. The number of hydrogen-bond donors (Lipinski definition) is 1. The van der Waals surface area contributed by atoms with E-state index in [1.165, 1.54) is 5.56 Å². The highest BCUT2D eigenvalue weighted by atomic mass is 16.5. The summed E-state index contributed by atoms with van der Waals surface area (Å²) >= 11 is 0. The first-order chi connectivity index (χ1) is 9.65. The van der Waals surface area contributed by atoms with Crippen molar-refractivity contribution >= 4 is 0 Å². The quantitative estimate of drug-likeness (QED) is 0.870. The van der Waals surface area contributed by atoms with E-state index in [2.05, 4.69) is 31.2 Å². The standard InChI is InChI=1S/C18H22O2/c1-14-8-10-16(11-9-14)12-18(19)15(2)20-13-17-6-4-3-5-7-17/h3-11,15,18-19H,12-13H2,1-2H3/t15-,18-/m0/s1. The second-order valence-corrected chi connectivity index (χ2v) is 5.26. The van der Waals surface area contributed by atoms with E-state index in [1.54, 1.807) is 0 Å². The molecule has 0 aliphatic carbocycles. The monoisotopic (exact) mass is 270 g/mol. The second-order valence-electron chi connectivity index (χ2n) is 5.26. The summed E-state index contributed by atoms with van der Waals surface area (Å²) in [6, 6.07) is 18.3. The van der Waals surface area contributed by atoms with Gasteiger partial charge in [0.15, 0.2) is 0 Å². The SMILES string of the molecule is Cc1ccc(C[C@H](O)[C@H](C)OCc2ccccc2)cc1. The van der Waals surface area contributed by atoms with Gasteiger partial charge in [-0.15, -0.1) is 0 Å². The smallest absolute Gasteiger partial charge is 0.0839 e. The van der Waals surface area contributed by atoms with Crippen LogP contribution in [-0.4, -0.2) is 17.3 Å². The number of aliphatic hydroxyl groups excluding tert-OH is 1. The van der Waals surface area contributed by atoms with Gasteiger partial charge < -0.3 is 9.84 Å². The first-order valence-electron chi connectivity index (χ1n) is 7.04. The van der Waals surface area contributed by atoms with Crippen LogP contribution in [0.15, 0.2) is 54.6 Å². The lowest BCUT2D eigenvalue weighted by Gasteiger charge is -2.19. The molecule has 1 N–H and O–H groups in total. The maximum atomic E-state index is 10.2. The Labute approximate surface area is 121 Å². The topological polar surface area (TPSA) is 29.5 Å². The number of hydrogen-bond acceptors (Lipinski definition) is 2. The van der Waals surface area contributed by atoms with Crippen molar-refractivity contribution in [3.8, 4) is 0 Å². The predicted octanol–water partition coefficient (Wildman–Crippen LogP) is 3.50. The molecule has 0 unspecified atom stereocenters. The maximum absolute atomic E-state index is 10.2. The number of rotatable bonds is 6. The normalized spacial score (nSPS) is 13.9. The molecule has 2 heteroatoms. The minimum atomic E-state index is -0.485. The summed E-state index contributed by atoms with van der Waals surface area (Å²) in [6.07, 6.45) is -0.0473. The lowest BCUT2D eigenvalue weighted by Crippen LogP contribution is -2.28. The zero-order valence-corrected chi connectivity index (χ0v) is 12.1. The van der Waals surface area contributed by atoms with Gasteiger partial charge in [0.05, 0.1) is 18.8 Å². The van der Waals surface area contributed by atoms with E-state index in [0.717, 1.165) is 11.1 Å². The Morgan fingerprint density at radius 2 is 1.60 bits per heavy atom. The molecule has 0 saturated heterocycles. The van der Waals surface area contributed by atoms with Gasteiger partial charge in [0, 0.05) is 6.42 Å². The van der Waals surface area contributed by atoms with Crippen LogP contribution in [0, 0.1) is 6.92 Å². The van der Waals surface area contributed by atoms with E-state index in [-0.39, 0.29) is 6.10 Å². The molecular weight excluding hydrogens is 248 g/mol. The van der Waals surface area contributed by atoms with E-state index in [9.17, 15) is 5.11 Å². The van der Waals surface area contributed by atoms with Gasteiger partial charge in [-0.25, -0.2) is 0 Å². The van der Waals surface area contributed by atoms with Gasteiger partial charge in [-0.1, -0.05) is 60.2 Å². The lowest BCUT2D eigenvalue weighted by atomic mass is 10.0. The molecule has 2 rings (SSSR count). The van der Waals surface area contributed by atoms with Gasteiger partial charge in [0.25, 0.3) is 0 Å². The summed E-state index contributed by atoms with van der Waals surface area (Å²) in [7, 11) is 0. The molecular formula is C18H22O2. The Morgan fingerprint density at radius 1 is 0.950 bits per heavy atom. The van der Waals surface area contributed by atoms with Crippen molar-refractivity contribution in [2.75, 3.05) is 0 Å². The molecule has 0 aliphatic rings. The minimum absolute atomic E-state index is 0.184. The fourth-order valence-corrected chi connectivity index (χ4v) is 2.04. The molecule has 0 aliphatic heterocycles. The first-order valence-corrected chi connectivity index (χ1v) is 7.04. The predicted molar refractivity (Wildman–Crippen MR) is 81.6 cm³/mol. The number of ether oxygens (including phenoxy) is 1. The number of aliphatic hydroxyl groups is 1. The Hall–Kier alpha value is -1.64. The molecule has 0 saturated carbocycles. The zero-order chi connectivity index (χ0) is 14.4. The highest BCUT2D eigenvalue weighted by molar-refractivity contribution is 5.22. The summed E-state index contributed by atoms with van der Waals surface area (Å²) in [5.41, 5.74) is 3.50. The van der Waals surface area contributed by atoms with Crippen LogP contribution in [0.25, 0.3) is 0 Å². The molecule has 0 radical (unpaired) electrons. The molecule has 0 amide bonds. The lowest BCUT2D eigenvalue weighted by molar-refractivity contribution is -0.0344. The molecule has 0 heterocycles. The second kappa shape index (κ2) is 7.22. The molecule has 2 nitrogen and oxygen atoms in total. The van der Waals surface area contributed by atoms with Crippen LogP contribution in [0.5, 0.6) is 0 Å². The third-order valence-electron chi connectivity index (χ3n) is 3.46.